The third-order valence-electron chi connectivity index (χ3n) is 5.97. The average molecular weight is 368 g/mol. The fraction of sp³-hybridized carbons (Fsp3) is 0.571. The van der Waals surface area contributed by atoms with Crippen molar-refractivity contribution < 1.29 is 9.59 Å². The summed E-state index contributed by atoms with van der Waals surface area (Å²) in [7, 11) is 0. The van der Waals surface area contributed by atoms with E-state index in [2.05, 4.69) is 15.3 Å². The second-order valence-corrected chi connectivity index (χ2v) is 7.92. The Morgan fingerprint density at radius 3 is 2.67 bits per heavy atom. The van der Waals surface area contributed by atoms with Crippen LogP contribution in [0.4, 0.5) is 0 Å². The smallest absolute Gasteiger partial charge is 0.226 e. The van der Waals surface area contributed by atoms with Gasteiger partial charge in [-0.1, -0.05) is 18.9 Å². The quantitative estimate of drug-likeness (QED) is 0.871. The van der Waals surface area contributed by atoms with Crippen molar-refractivity contribution in [3.05, 3.63) is 29.6 Å². The zero-order chi connectivity index (χ0) is 18.8. The molecule has 1 aromatic carbocycles. The lowest BCUT2D eigenvalue weighted by Gasteiger charge is -2.32. The van der Waals surface area contributed by atoms with Gasteiger partial charge >= 0.3 is 0 Å². The van der Waals surface area contributed by atoms with E-state index in [1.807, 2.05) is 30.0 Å². The highest BCUT2D eigenvalue weighted by Gasteiger charge is 2.38. The number of H-pyrrole nitrogens is 1. The Kier molecular flexibility index (Phi) is 5.14. The molecule has 2 aromatic rings. The molecule has 0 spiro atoms. The van der Waals surface area contributed by atoms with Gasteiger partial charge in [0.2, 0.25) is 11.8 Å². The number of amides is 2. The van der Waals surface area contributed by atoms with Crippen molar-refractivity contribution in [2.45, 2.75) is 52.0 Å². The Labute approximate surface area is 159 Å². The van der Waals surface area contributed by atoms with Crippen molar-refractivity contribution in [3.8, 4) is 0 Å². The fourth-order valence-corrected chi connectivity index (χ4v) is 4.53. The average Bonchev–Trinajstić information content (AvgIpc) is 3.34. The number of nitrogens with one attached hydrogen (secondary N) is 2. The molecule has 0 radical (unpaired) electrons. The Morgan fingerprint density at radius 1 is 1.15 bits per heavy atom. The van der Waals surface area contributed by atoms with E-state index in [0.29, 0.717) is 6.54 Å². The molecule has 1 aliphatic heterocycles. The van der Waals surface area contributed by atoms with Gasteiger partial charge in [-0.15, -0.1) is 0 Å². The molecule has 2 N–H and O–H groups in total. The van der Waals surface area contributed by atoms with Gasteiger partial charge in [0.05, 0.1) is 11.0 Å². The highest BCUT2D eigenvalue weighted by molar-refractivity contribution is 5.88. The summed E-state index contributed by atoms with van der Waals surface area (Å²) in [5, 5.41) is 3.07. The van der Waals surface area contributed by atoms with Crippen LogP contribution in [0.5, 0.6) is 0 Å². The number of hydrogen-bond donors (Lipinski definition) is 2. The maximum absolute atomic E-state index is 12.9. The third kappa shape index (κ3) is 3.84. The maximum atomic E-state index is 12.9. The van der Waals surface area contributed by atoms with Gasteiger partial charge < -0.3 is 15.2 Å². The SMILES string of the molecule is Cc1nc2ccc(CNC(=O)[C@@H]3CCCC[C@@H]3C(=O)N3CCCC3)cc2[nH]1. The van der Waals surface area contributed by atoms with Gasteiger partial charge in [-0.3, -0.25) is 9.59 Å². The van der Waals surface area contributed by atoms with Gasteiger partial charge in [0.15, 0.2) is 0 Å². The predicted molar refractivity (Wildman–Crippen MR) is 104 cm³/mol. The molecule has 144 valence electrons. The van der Waals surface area contributed by atoms with E-state index in [1.165, 1.54) is 0 Å². The Bertz CT molecular complexity index is 838. The van der Waals surface area contributed by atoms with Crippen molar-refractivity contribution in [2.24, 2.45) is 11.8 Å². The molecule has 27 heavy (non-hydrogen) atoms. The molecule has 6 heteroatoms. The molecule has 2 aliphatic rings. The van der Waals surface area contributed by atoms with Gasteiger partial charge in [-0.2, -0.15) is 0 Å². The molecule has 2 fully saturated rings. The molecule has 1 saturated carbocycles. The molecule has 2 atom stereocenters. The number of nitrogens with zero attached hydrogens (tertiary/aromatic N) is 2. The van der Waals surface area contributed by atoms with Gasteiger partial charge in [0, 0.05) is 31.5 Å². The summed E-state index contributed by atoms with van der Waals surface area (Å²) in [5.74, 6) is 0.770. The zero-order valence-corrected chi connectivity index (χ0v) is 16.0. The molecule has 1 aromatic heterocycles. The van der Waals surface area contributed by atoms with Crippen LogP contribution in [-0.4, -0.2) is 39.8 Å². The number of likely N-dealkylation sites (tertiary alicyclic amines) is 1. The third-order valence-corrected chi connectivity index (χ3v) is 5.97. The van der Waals surface area contributed by atoms with Crippen molar-refractivity contribution in [2.75, 3.05) is 13.1 Å². The number of benzene rings is 1. The fourth-order valence-electron chi connectivity index (χ4n) is 4.53. The van der Waals surface area contributed by atoms with Gasteiger partial charge in [-0.25, -0.2) is 4.98 Å². The number of carbonyl (C=O) groups is 2. The molecule has 2 heterocycles. The first-order valence-electron chi connectivity index (χ1n) is 10.1. The Hall–Kier alpha value is -2.37. The summed E-state index contributed by atoms with van der Waals surface area (Å²) in [6.07, 6.45) is 5.91. The first kappa shape index (κ1) is 18.0. The number of rotatable bonds is 4. The summed E-state index contributed by atoms with van der Waals surface area (Å²) in [4.78, 5) is 35.3. The van der Waals surface area contributed by atoms with E-state index in [-0.39, 0.29) is 23.7 Å². The van der Waals surface area contributed by atoms with Crippen LogP contribution in [-0.2, 0) is 16.1 Å². The standard InChI is InChI=1S/C21H28N4O2/c1-14-23-18-9-8-15(12-19(18)24-14)13-22-20(26)16-6-2-3-7-17(16)21(27)25-10-4-5-11-25/h8-9,12,16-17H,2-7,10-11,13H2,1H3,(H,22,26)(H,23,24)/t16-,17+/m1/s1. The minimum Gasteiger partial charge on any atom is -0.352 e. The molecule has 0 bridgehead atoms. The van der Waals surface area contributed by atoms with Gasteiger partial charge in [0.1, 0.15) is 5.82 Å². The molecule has 1 aliphatic carbocycles. The lowest BCUT2D eigenvalue weighted by molar-refractivity contribution is -0.142. The molecule has 0 unspecified atom stereocenters. The molecular weight excluding hydrogens is 340 g/mol. The van der Waals surface area contributed by atoms with Crippen LogP contribution < -0.4 is 5.32 Å². The van der Waals surface area contributed by atoms with E-state index >= 15 is 0 Å². The summed E-state index contributed by atoms with van der Waals surface area (Å²) < 4.78 is 0. The largest absolute Gasteiger partial charge is 0.352 e. The summed E-state index contributed by atoms with van der Waals surface area (Å²) in [6.45, 7) is 4.12. The summed E-state index contributed by atoms with van der Waals surface area (Å²) in [5.41, 5.74) is 2.96. The van der Waals surface area contributed by atoms with Crippen LogP contribution in [0, 0.1) is 18.8 Å². The lowest BCUT2D eigenvalue weighted by atomic mass is 9.78. The Morgan fingerprint density at radius 2 is 1.89 bits per heavy atom. The summed E-state index contributed by atoms with van der Waals surface area (Å²) in [6, 6.07) is 6.00. The monoisotopic (exact) mass is 368 g/mol. The van der Waals surface area contributed by atoms with Crippen molar-refractivity contribution in [1.82, 2.24) is 20.2 Å². The number of fused-ring (bicyclic) bond motifs is 1. The minimum atomic E-state index is -0.190. The summed E-state index contributed by atoms with van der Waals surface area (Å²) >= 11 is 0. The van der Waals surface area contributed by atoms with E-state index in [9.17, 15) is 9.59 Å². The second kappa shape index (κ2) is 7.71. The number of aromatic nitrogens is 2. The predicted octanol–water partition coefficient (Wildman–Crippen LogP) is 2.92. The van der Waals surface area contributed by atoms with Crippen LogP contribution in [0.3, 0.4) is 0 Å². The highest BCUT2D eigenvalue weighted by atomic mass is 16.2. The number of carbonyl (C=O) groups excluding carboxylic acids is 2. The van der Waals surface area contributed by atoms with E-state index in [4.69, 9.17) is 0 Å². The van der Waals surface area contributed by atoms with E-state index in [1.54, 1.807) is 0 Å². The van der Waals surface area contributed by atoms with E-state index in [0.717, 1.165) is 74.0 Å². The topological polar surface area (TPSA) is 78.1 Å². The highest BCUT2D eigenvalue weighted by Crippen LogP contribution is 2.32. The number of imidazole rings is 1. The first-order chi connectivity index (χ1) is 13.1. The van der Waals surface area contributed by atoms with Crippen LogP contribution in [0.2, 0.25) is 0 Å². The lowest BCUT2D eigenvalue weighted by Crippen LogP contribution is -2.44. The van der Waals surface area contributed by atoms with Crippen LogP contribution >= 0.6 is 0 Å². The van der Waals surface area contributed by atoms with Crippen LogP contribution in [0.15, 0.2) is 18.2 Å². The van der Waals surface area contributed by atoms with Crippen molar-refractivity contribution in [1.29, 1.82) is 0 Å². The number of aromatic amines is 1. The normalized spacial score (nSPS) is 22.9. The molecule has 6 nitrogen and oxygen atoms in total. The second-order valence-electron chi connectivity index (χ2n) is 7.92. The zero-order valence-electron chi connectivity index (χ0n) is 16.0. The Balaban J connectivity index is 1.41. The molecule has 4 rings (SSSR count). The van der Waals surface area contributed by atoms with Crippen LogP contribution in [0.1, 0.15) is 49.9 Å². The van der Waals surface area contributed by atoms with E-state index < -0.39 is 0 Å². The van der Waals surface area contributed by atoms with Gasteiger partial charge in [0.25, 0.3) is 0 Å². The molecular formula is C21H28N4O2. The first-order valence-corrected chi connectivity index (χ1v) is 10.1. The maximum Gasteiger partial charge on any atom is 0.226 e. The van der Waals surface area contributed by atoms with Crippen molar-refractivity contribution >= 4 is 22.8 Å². The van der Waals surface area contributed by atoms with Gasteiger partial charge in [-0.05, 0) is 50.3 Å². The van der Waals surface area contributed by atoms with Crippen LogP contribution in [0.25, 0.3) is 11.0 Å². The van der Waals surface area contributed by atoms with Crippen molar-refractivity contribution in [3.63, 3.8) is 0 Å². The number of aryl methyl sites for hydroxylation is 1. The number of hydrogen-bond acceptors (Lipinski definition) is 3. The minimum absolute atomic E-state index is 0.0214. The molecule has 1 saturated heterocycles. The molecule has 2 amide bonds.